The van der Waals surface area contributed by atoms with Gasteiger partial charge in [-0.2, -0.15) is 0 Å². The van der Waals surface area contributed by atoms with Crippen LogP contribution in [0.5, 0.6) is 5.75 Å². The lowest BCUT2D eigenvalue weighted by Gasteiger charge is -2.37. The van der Waals surface area contributed by atoms with E-state index in [1.165, 1.54) is 17.7 Å². The van der Waals surface area contributed by atoms with E-state index in [0.717, 1.165) is 16.3 Å². The van der Waals surface area contributed by atoms with Crippen molar-refractivity contribution in [1.29, 1.82) is 0 Å². The van der Waals surface area contributed by atoms with E-state index in [1.807, 2.05) is 59.5 Å². The van der Waals surface area contributed by atoms with Crippen LogP contribution in [0.4, 0.5) is 5.69 Å². The molecule has 4 aromatic rings. The third-order valence-electron chi connectivity index (χ3n) is 6.13. The summed E-state index contributed by atoms with van der Waals surface area (Å²) in [6, 6.07) is 27.7. The molecule has 1 aliphatic rings. The maximum absolute atomic E-state index is 13.8. The highest BCUT2D eigenvalue weighted by Gasteiger charge is 2.31. The van der Waals surface area contributed by atoms with Crippen LogP contribution in [0.3, 0.4) is 0 Å². The van der Waals surface area contributed by atoms with Crippen molar-refractivity contribution in [3.8, 4) is 5.75 Å². The number of carbonyl (C=O) groups excluding carboxylic acids is 1. The molecule has 0 spiro atoms. The molecule has 33 heavy (non-hydrogen) atoms. The van der Waals surface area contributed by atoms with Gasteiger partial charge >= 0.3 is 0 Å². The van der Waals surface area contributed by atoms with Gasteiger partial charge in [0.2, 0.25) is 0 Å². The van der Waals surface area contributed by atoms with Gasteiger partial charge in [0.25, 0.3) is 11.6 Å². The molecule has 0 fully saturated rings. The van der Waals surface area contributed by atoms with Crippen molar-refractivity contribution < 1.29 is 14.5 Å². The zero-order valence-corrected chi connectivity index (χ0v) is 17.9. The molecule has 0 aliphatic carbocycles. The van der Waals surface area contributed by atoms with Crippen LogP contribution in [0, 0.1) is 10.1 Å². The Bertz CT molecular complexity index is 1330. The highest BCUT2D eigenvalue weighted by atomic mass is 16.6. The molecule has 0 saturated heterocycles. The van der Waals surface area contributed by atoms with E-state index in [4.69, 9.17) is 4.74 Å². The van der Waals surface area contributed by atoms with Gasteiger partial charge in [0.15, 0.2) is 0 Å². The van der Waals surface area contributed by atoms with Gasteiger partial charge in [-0.05, 0) is 46.5 Å². The summed E-state index contributed by atoms with van der Waals surface area (Å²) >= 11 is 0. The van der Waals surface area contributed by atoms with E-state index in [-0.39, 0.29) is 17.6 Å². The second-order valence-corrected chi connectivity index (χ2v) is 8.15. The maximum atomic E-state index is 13.8. The molecular weight excluding hydrogens is 416 g/mol. The molecule has 0 saturated carbocycles. The fourth-order valence-corrected chi connectivity index (χ4v) is 4.40. The van der Waals surface area contributed by atoms with Gasteiger partial charge in [0, 0.05) is 24.2 Å². The lowest BCUT2D eigenvalue weighted by molar-refractivity contribution is -0.384. The summed E-state index contributed by atoms with van der Waals surface area (Å²) < 4.78 is 5.98. The molecule has 0 radical (unpaired) electrons. The molecule has 1 aliphatic heterocycles. The van der Waals surface area contributed by atoms with Gasteiger partial charge in [-0.1, -0.05) is 60.7 Å². The molecule has 1 atom stereocenters. The average Bonchev–Trinajstić information content (AvgIpc) is 2.86. The van der Waals surface area contributed by atoms with Crippen molar-refractivity contribution in [2.75, 3.05) is 6.61 Å². The Morgan fingerprint density at radius 2 is 1.61 bits per heavy atom. The number of non-ortho nitro benzene ring substituents is 1. The normalized spacial score (nSPS) is 15.2. The van der Waals surface area contributed by atoms with Crippen LogP contribution in [0.2, 0.25) is 0 Å². The molecule has 6 nitrogen and oxygen atoms in total. The Morgan fingerprint density at radius 1 is 0.909 bits per heavy atom. The summed E-state index contributed by atoms with van der Waals surface area (Å²) in [7, 11) is 0. The molecule has 0 N–H and O–H groups in total. The summed E-state index contributed by atoms with van der Waals surface area (Å²) in [4.78, 5) is 26.1. The van der Waals surface area contributed by atoms with E-state index in [1.54, 1.807) is 12.1 Å². The molecular formula is C27H22N2O4. The smallest absolute Gasteiger partial charge is 0.269 e. The predicted molar refractivity (Wildman–Crippen MR) is 126 cm³/mol. The fourth-order valence-electron chi connectivity index (χ4n) is 4.40. The number of hydrogen-bond donors (Lipinski definition) is 0. The van der Waals surface area contributed by atoms with Crippen molar-refractivity contribution in [2.24, 2.45) is 0 Å². The number of nitro benzene ring substituents is 1. The number of ether oxygens (including phenoxy) is 1. The molecule has 5 rings (SSSR count). The van der Waals surface area contributed by atoms with E-state index < -0.39 is 4.92 Å². The van der Waals surface area contributed by atoms with Crippen LogP contribution in [0.1, 0.15) is 21.5 Å². The van der Waals surface area contributed by atoms with E-state index >= 15 is 0 Å². The Labute approximate surface area is 191 Å². The minimum absolute atomic E-state index is 0.0155. The average molecular weight is 438 g/mol. The molecule has 1 amide bonds. The number of rotatable bonds is 5. The summed E-state index contributed by atoms with van der Waals surface area (Å²) in [5.74, 6) is 0.510. The molecule has 0 aromatic heterocycles. The van der Waals surface area contributed by atoms with Gasteiger partial charge < -0.3 is 9.64 Å². The van der Waals surface area contributed by atoms with Crippen molar-refractivity contribution in [3.63, 3.8) is 0 Å². The van der Waals surface area contributed by atoms with E-state index in [2.05, 4.69) is 12.1 Å². The van der Waals surface area contributed by atoms with E-state index in [0.29, 0.717) is 30.9 Å². The van der Waals surface area contributed by atoms with Crippen LogP contribution in [0.15, 0.2) is 91.0 Å². The second-order valence-electron chi connectivity index (χ2n) is 8.15. The highest BCUT2D eigenvalue weighted by molar-refractivity contribution is 6.07. The minimum atomic E-state index is -0.438. The SMILES string of the molecule is O=C(c1cccc2ccccc12)N1Cc2ccccc2C[C@H]1COc1ccc([N+](=O)[O-])cc1. The van der Waals surface area contributed by atoms with Gasteiger partial charge in [0.05, 0.1) is 11.0 Å². The zero-order valence-electron chi connectivity index (χ0n) is 17.9. The van der Waals surface area contributed by atoms with Gasteiger partial charge in [-0.3, -0.25) is 14.9 Å². The topological polar surface area (TPSA) is 72.7 Å². The van der Waals surface area contributed by atoms with Gasteiger partial charge in [-0.25, -0.2) is 0 Å². The summed E-state index contributed by atoms with van der Waals surface area (Å²) in [6.07, 6.45) is 0.680. The maximum Gasteiger partial charge on any atom is 0.269 e. The van der Waals surface area contributed by atoms with Crippen molar-refractivity contribution in [1.82, 2.24) is 4.90 Å². The Balaban J connectivity index is 1.44. The van der Waals surface area contributed by atoms with Crippen molar-refractivity contribution >= 4 is 22.4 Å². The lowest BCUT2D eigenvalue weighted by atomic mass is 9.93. The quantitative estimate of drug-likeness (QED) is 0.309. The number of amides is 1. The number of nitrogens with zero attached hydrogens (tertiary/aromatic N) is 2. The lowest BCUT2D eigenvalue weighted by Crippen LogP contribution is -2.47. The minimum Gasteiger partial charge on any atom is -0.491 e. The standard InChI is InChI=1S/C27H22N2O4/c30-27(26-11-5-9-19-6-3-4-10-25(19)26)28-17-21-8-2-1-7-20(21)16-23(28)18-33-24-14-12-22(13-15-24)29(31)32/h1-15,23H,16-18H2/t23-/m0/s1. The van der Waals surface area contributed by atoms with Crippen LogP contribution in [0.25, 0.3) is 10.8 Å². The summed E-state index contributed by atoms with van der Waals surface area (Å²) in [6.45, 7) is 0.801. The largest absolute Gasteiger partial charge is 0.491 e. The Kier molecular flexibility index (Phi) is 5.48. The molecule has 4 aromatic carbocycles. The van der Waals surface area contributed by atoms with Crippen LogP contribution >= 0.6 is 0 Å². The highest BCUT2D eigenvalue weighted by Crippen LogP contribution is 2.28. The van der Waals surface area contributed by atoms with Crippen LogP contribution in [-0.2, 0) is 13.0 Å². The van der Waals surface area contributed by atoms with Crippen LogP contribution < -0.4 is 4.74 Å². The number of fused-ring (bicyclic) bond motifs is 2. The van der Waals surface area contributed by atoms with Crippen molar-refractivity contribution in [2.45, 2.75) is 19.0 Å². The van der Waals surface area contributed by atoms with Gasteiger partial charge in [0.1, 0.15) is 12.4 Å². The first kappa shape index (κ1) is 20.7. The van der Waals surface area contributed by atoms with Crippen LogP contribution in [-0.4, -0.2) is 28.4 Å². The number of benzene rings is 4. The number of nitro groups is 1. The molecule has 1 heterocycles. The molecule has 0 bridgehead atoms. The number of hydrogen-bond acceptors (Lipinski definition) is 4. The summed E-state index contributed by atoms with van der Waals surface area (Å²) in [5, 5.41) is 12.9. The van der Waals surface area contributed by atoms with E-state index in [9.17, 15) is 14.9 Å². The Hall–Kier alpha value is -4.19. The van der Waals surface area contributed by atoms with Gasteiger partial charge in [-0.15, -0.1) is 0 Å². The predicted octanol–water partition coefficient (Wildman–Crippen LogP) is 5.39. The number of carbonyl (C=O) groups is 1. The fraction of sp³-hybridized carbons (Fsp3) is 0.148. The molecule has 164 valence electrons. The Morgan fingerprint density at radius 3 is 2.39 bits per heavy atom. The zero-order chi connectivity index (χ0) is 22.8. The molecule has 0 unspecified atom stereocenters. The first-order chi connectivity index (χ1) is 16.1. The first-order valence-corrected chi connectivity index (χ1v) is 10.8. The monoisotopic (exact) mass is 438 g/mol. The molecule has 6 heteroatoms. The first-order valence-electron chi connectivity index (χ1n) is 10.8. The third-order valence-corrected chi connectivity index (χ3v) is 6.13. The third kappa shape index (κ3) is 4.15. The van der Waals surface area contributed by atoms with Crippen molar-refractivity contribution in [3.05, 3.63) is 118 Å². The summed E-state index contributed by atoms with van der Waals surface area (Å²) in [5.41, 5.74) is 3.03. The second kappa shape index (κ2) is 8.74.